The van der Waals surface area contributed by atoms with Gasteiger partial charge in [0.1, 0.15) is 0 Å². The number of hydrazine groups is 1. The fourth-order valence-corrected chi connectivity index (χ4v) is 1.99. The average molecular weight is 191 g/mol. The summed E-state index contributed by atoms with van der Waals surface area (Å²) in [5.74, 6) is 5.70. The van der Waals surface area contributed by atoms with E-state index < -0.39 is 0 Å². The third kappa shape index (κ3) is 1.55. The number of benzene rings is 1. The van der Waals surface area contributed by atoms with Crippen LogP contribution in [0, 0.1) is 0 Å². The van der Waals surface area contributed by atoms with Crippen molar-refractivity contribution in [3.05, 3.63) is 23.8 Å². The summed E-state index contributed by atoms with van der Waals surface area (Å²) >= 11 is 0. The van der Waals surface area contributed by atoms with Gasteiger partial charge in [0.2, 0.25) is 0 Å². The molecule has 0 amide bonds. The zero-order valence-electron chi connectivity index (χ0n) is 8.83. The number of hydrogen-bond donors (Lipinski definition) is 1. The second kappa shape index (κ2) is 3.50. The molecule has 1 aliphatic rings. The highest BCUT2D eigenvalue weighted by Crippen LogP contribution is 2.28. The number of anilines is 2. The minimum absolute atomic E-state index is 1.08. The van der Waals surface area contributed by atoms with Gasteiger partial charge in [0.15, 0.2) is 0 Å². The molecular weight excluding hydrogens is 174 g/mol. The van der Waals surface area contributed by atoms with E-state index in [2.05, 4.69) is 30.1 Å². The summed E-state index contributed by atoms with van der Waals surface area (Å²) in [7, 11) is 4.01. The molecule has 0 saturated carbocycles. The maximum atomic E-state index is 5.70. The van der Waals surface area contributed by atoms with Crippen LogP contribution in [-0.4, -0.2) is 20.6 Å². The van der Waals surface area contributed by atoms with Crippen molar-refractivity contribution in [1.29, 1.82) is 0 Å². The lowest BCUT2D eigenvalue weighted by Crippen LogP contribution is -2.27. The van der Waals surface area contributed by atoms with Crippen LogP contribution in [-0.2, 0) is 6.42 Å². The Hall–Kier alpha value is -1.22. The second-order valence-electron chi connectivity index (χ2n) is 3.95. The fraction of sp³-hybridized carbons (Fsp3) is 0.455. The smallest absolute Gasteiger partial charge is 0.0518 e. The molecule has 0 unspecified atom stereocenters. The highest BCUT2D eigenvalue weighted by Gasteiger charge is 2.13. The first-order valence-electron chi connectivity index (χ1n) is 5.01. The Morgan fingerprint density at radius 1 is 1.43 bits per heavy atom. The third-order valence-electron chi connectivity index (χ3n) is 2.82. The predicted octanol–water partition coefficient (Wildman–Crippen LogP) is 1.38. The molecule has 0 radical (unpaired) electrons. The summed E-state index contributed by atoms with van der Waals surface area (Å²) < 4.78 is 0. The van der Waals surface area contributed by atoms with Gasteiger partial charge in [-0.1, -0.05) is 0 Å². The van der Waals surface area contributed by atoms with E-state index in [-0.39, 0.29) is 0 Å². The van der Waals surface area contributed by atoms with E-state index in [1.807, 2.05) is 7.05 Å². The molecule has 0 spiro atoms. The summed E-state index contributed by atoms with van der Waals surface area (Å²) in [5, 5.41) is 1.66. The van der Waals surface area contributed by atoms with Crippen molar-refractivity contribution in [1.82, 2.24) is 0 Å². The summed E-state index contributed by atoms with van der Waals surface area (Å²) in [4.78, 5) is 2.30. The van der Waals surface area contributed by atoms with Gasteiger partial charge in [-0.05, 0) is 36.6 Å². The summed E-state index contributed by atoms with van der Waals surface area (Å²) in [5.41, 5.74) is 3.84. The second-order valence-corrected chi connectivity index (χ2v) is 3.95. The van der Waals surface area contributed by atoms with Gasteiger partial charge in [0, 0.05) is 26.3 Å². The van der Waals surface area contributed by atoms with Crippen LogP contribution in [0.2, 0.25) is 0 Å². The topological polar surface area (TPSA) is 32.5 Å². The van der Waals surface area contributed by atoms with Crippen LogP contribution in [0.3, 0.4) is 0 Å². The van der Waals surface area contributed by atoms with Gasteiger partial charge in [0.05, 0.1) is 5.69 Å². The number of hydrogen-bond acceptors (Lipinski definition) is 3. The minimum Gasteiger partial charge on any atom is -0.374 e. The number of rotatable bonds is 1. The van der Waals surface area contributed by atoms with Crippen molar-refractivity contribution in [2.24, 2.45) is 5.84 Å². The Kier molecular flexibility index (Phi) is 2.33. The molecule has 3 heteroatoms. The molecule has 0 fully saturated rings. The molecule has 14 heavy (non-hydrogen) atoms. The quantitative estimate of drug-likeness (QED) is 0.537. The van der Waals surface area contributed by atoms with E-state index in [1.54, 1.807) is 5.01 Å². The number of aryl methyl sites for hydroxylation is 1. The van der Waals surface area contributed by atoms with Crippen molar-refractivity contribution in [2.75, 3.05) is 30.5 Å². The molecular formula is C11H17N3. The highest BCUT2D eigenvalue weighted by atomic mass is 15.4. The lowest BCUT2D eigenvalue weighted by molar-refractivity contribution is 0.744. The Labute approximate surface area is 85.1 Å². The van der Waals surface area contributed by atoms with Crippen molar-refractivity contribution in [3.8, 4) is 0 Å². The maximum absolute atomic E-state index is 5.70. The van der Waals surface area contributed by atoms with Gasteiger partial charge >= 0.3 is 0 Å². The molecule has 0 bridgehead atoms. The molecule has 2 N–H and O–H groups in total. The largest absolute Gasteiger partial charge is 0.374 e. The molecule has 1 aliphatic heterocycles. The summed E-state index contributed by atoms with van der Waals surface area (Å²) in [6.07, 6.45) is 2.41. The Balaban J connectivity index is 2.39. The van der Waals surface area contributed by atoms with E-state index in [4.69, 9.17) is 5.84 Å². The van der Waals surface area contributed by atoms with Gasteiger partial charge in [-0.25, -0.2) is 5.84 Å². The molecule has 1 aromatic rings. The van der Waals surface area contributed by atoms with Crippen LogP contribution in [0.15, 0.2) is 18.2 Å². The zero-order valence-corrected chi connectivity index (χ0v) is 8.83. The van der Waals surface area contributed by atoms with E-state index in [1.165, 1.54) is 24.1 Å². The Bertz CT molecular complexity index is 333. The Morgan fingerprint density at radius 3 is 2.93 bits per heavy atom. The molecule has 76 valence electrons. The first-order chi connectivity index (χ1) is 6.68. The highest BCUT2D eigenvalue weighted by molar-refractivity contribution is 5.62. The number of nitrogens with two attached hydrogens (primary N) is 1. The van der Waals surface area contributed by atoms with E-state index in [0.29, 0.717) is 0 Å². The lowest BCUT2D eigenvalue weighted by atomic mass is 10.0. The normalized spacial score (nSPS) is 15.2. The summed E-state index contributed by atoms with van der Waals surface area (Å²) in [6, 6.07) is 6.42. The van der Waals surface area contributed by atoms with E-state index >= 15 is 0 Å². The first kappa shape index (κ1) is 9.34. The first-order valence-corrected chi connectivity index (χ1v) is 5.01. The molecule has 3 nitrogen and oxygen atoms in total. The van der Waals surface area contributed by atoms with E-state index in [0.717, 1.165) is 12.2 Å². The van der Waals surface area contributed by atoms with Crippen LogP contribution >= 0.6 is 0 Å². The standard InChI is InChI=1S/C11H17N3/c1-13-7-3-4-9-8-10(14(2)12)5-6-11(9)13/h5-6,8H,3-4,7,12H2,1-2H3. The van der Waals surface area contributed by atoms with Crippen LogP contribution in [0.1, 0.15) is 12.0 Å². The number of nitrogens with zero attached hydrogens (tertiary/aromatic N) is 2. The molecule has 0 aromatic heterocycles. The Morgan fingerprint density at radius 2 is 2.21 bits per heavy atom. The van der Waals surface area contributed by atoms with Crippen molar-refractivity contribution in [2.45, 2.75) is 12.8 Å². The van der Waals surface area contributed by atoms with Crippen LogP contribution < -0.4 is 15.8 Å². The van der Waals surface area contributed by atoms with Gasteiger partial charge in [-0.15, -0.1) is 0 Å². The van der Waals surface area contributed by atoms with Crippen LogP contribution in [0.4, 0.5) is 11.4 Å². The number of fused-ring (bicyclic) bond motifs is 1. The van der Waals surface area contributed by atoms with Gasteiger partial charge < -0.3 is 9.91 Å². The fourth-order valence-electron chi connectivity index (χ4n) is 1.99. The zero-order chi connectivity index (χ0) is 10.1. The van der Waals surface area contributed by atoms with Gasteiger partial charge in [-0.2, -0.15) is 0 Å². The minimum atomic E-state index is 1.08. The third-order valence-corrected chi connectivity index (χ3v) is 2.82. The van der Waals surface area contributed by atoms with E-state index in [9.17, 15) is 0 Å². The van der Waals surface area contributed by atoms with Crippen molar-refractivity contribution in [3.63, 3.8) is 0 Å². The summed E-state index contributed by atoms with van der Waals surface area (Å²) in [6.45, 7) is 1.16. The van der Waals surface area contributed by atoms with Crippen molar-refractivity contribution < 1.29 is 0 Å². The van der Waals surface area contributed by atoms with Gasteiger partial charge in [-0.3, -0.25) is 0 Å². The molecule has 2 rings (SSSR count). The maximum Gasteiger partial charge on any atom is 0.0518 e. The molecule has 1 aromatic carbocycles. The lowest BCUT2D eigenvalue weighted by Gasteiger charge is -2.28. The molecule has 0 aliphatic carbocycles. The molecule has 1 heterocycles. The van der Waals surface area contributed by atoms with Crippen LogP contribution in [0.25, 0.3) is 0 Å². The SMILES string of the molecule is CN(N)c1ccc2c(c1)CCCN2C. The monoisotopic (exact) mass is 191 g/mol. The van der Waals surface area contributed by atoms with Crippen molar-refractivity contribution >= 4 is 11.4 Å². The van der Waals surface area contributed by atoms with Gasteiger partial charge in [0.25, 0.3) is 0 Å². The molecule has 0 atom stereocenters. The molecule has 0 saturated heterocycles. The van der Waals surface area contributed by atoms with Crippen LogP contribution in [0.5, 0.6) is 0 Å². The predicted molar refractivity (Wildman–Crippen MR) is 60.6 cm³/mol. The average Bonchev–Trinajstić information content (AvgIpc) is 2.17.